The minimum absolute atomic E-state index is 0.119. The molecule has 8 heteroatoms. The SMILES string of the molecule is C=Cc1c(F)cc(-c2ccc(OC(F)(F)c3c(F)cc(C4CCC(C5CCC(CCCCC)CC5)CC4)cc3F)cc2F)cc1F. The smallest absolute Gasteiger partial charge is 0.429 e. The number of alkyl halides is 2. The molecule has 2 aliphatic rings. The second-order valence-electron chi connectivity index (χ2n) is 13.1. The zero-order chi connectivity index (χ0) is 33.0. The normalized spacial score (nSPS) is 22.1. The molecule has 3 aromatic carbocycles. The lowest BCUT2D eigenvalue weighted by Gasteiger charge is -2.38. The Labute approximate surface area is 266 Å². The predicted molar refractivity (Wildman–Crippen MR) is 167 cm³/mol. The Balaban J connectivity index is 1.22. The summed E-state index contributed by atoms with van der Waals surface area (Å²) in [4.78, 5) is 0. The van der Waals surface area contributed by atoms with Crippen molar-refractivity contribution in [1.29, 1.82) is 0 Å². The quantitative estimate of drug-likeness (QED) is 0.149. The fourth-order valence-corrected chi connectivity index (χ4v) is 7.59. The predicted octanol–water partition coefficient (Wildman–Crippen LogP) is 12.5. The van der Waals surface area contributed by atoms with Crippen LogP contribution in [0.4, 0.5) is 30.7 Å². The van der Waals surface area contributed by atoms with E-state index in [1.807, 2.05) is 0 Å². The fraction of sp³-hybridized carbons (Fsp3) is 0.474. The molecule has 0 radical (unpaired) electrons. The van der Waals surface area contributed by atoms with E-state index < -0.39 is 52.1 Å². The van der Waals surface area contributed by atoms with E-state index in [0.29, 0.717) is 23.5 Å². The maximum atomic E-state index is 15.1. The number of hydrogen-bond donors (Lipinski definition) is 0. The topological polar surface area (TPSA) is 9.23 Å². The first kappa shape index (κ1) is 34.1. The maximum absolute atomic E-state index is 15.1. The first-order chi connectivity index (χ1) is 22.0. The molecule has 248 valence electrons. The summed E-state index contributed by atoms with van der Waals surface area (Å²) in [6, 6.07) is 6.19. The molecular weight excluding hydrogens is 605 g/mol. The van der Waals surface area contributed by atoms with Gasteiger partial charge in [0.2, 0.25) is 0 Å². The van der Waals surface area contributed by atoms with Crippen LogP contribution in [0.3, 0.4) is 0 Å². The molecule has 0 spiro atoms. The van der Waals surface area contributed by atoms with Gasteiger partial charge in [-0.3, -0.25) is 0 Å². The Morgan fingerprint density at radius 3 is 1.87 bits per heavy atom. The Bertz CT molecular complexity index is 1470. The van der Waals surface area contributed by atoms with Crippen molar-refractivity contribution in [2.24, 2.45) is 17.8 Å². The monoisotopic (exact) mass is 646 g/mol. The van der Waals surface area contributed by atoms with Crippen molar-refractivity contribution in [3.8, 4) is 16.9 Å². The van der Waals surface area contributed by atoms with Crippen LogP contribution in [-0.4, -0.2) is 0 Å². The highest BCUT2D eigenvalue weighted by molar-refractivity contribution is 5.67. The molecule has 2 saturated carbocycles. The average molecular weight is 647 g/mol. The first-order valence-electron chi connectivity index (χ1n) is 16.5. The molecule has 0 atom stereocenters. The molecular formula is C38H41F7O. The fourth-order valence-electron chi connectivity index (χ4n) is 7.59. The molecule has 2 aliphatic carbocycles. The zero-order valence-corrected chi connectivity index (χ0v) is 26.2. The summed E-state index contributed by atoms with van der Waals surface area (Å²) in [7, 11) is 0. The lowest BCUT2D eigenvalue weighted by molar-refractivity contribution is -0.189. The molecule has 0 aliphatic heterocycles. The minimum Gasteiger partial charge on any atom is -0.429 e. The molecule has 0 heterocycles. The molecule has 3 aromatic rings. The Morgan fingerprint density at radius 2 is 1.33 bits per heavy atom. The van der Waals surface area contributed by atoms with Crippen molar-refractivity contribution in [1.82, 2.24) is 0 Å². The van der Waals surface area contributed by atoms with Crippen LogP contribution in [0, 0.1) is 46.8 Å². The van der Waals surface area contributed by atoms with Crippen LogP contribution in [0.15, 0.2) is 49.0 Å². The van der Waals surface area contributed by atoms with Gasteiger partial charge in [-0.15, -0.1) is 0 Å². The van der Waals surface area contributed by atoms with Gasteiger partial charge in [-0.2, -0.15) is 8.78 Å². The lowest BCUT2D eigenvalue weighted by Crippen LogP contribution is -2.27. The van der Waals surface area contributed by atoms with Crippen molar-refractivity contribution >= 4 is 6.08 Å². The molecule has 0 saturated heterocycles. The van der Waals surface area contributed by atoms with Gasteiger partial charge in [0.1, 0.15) is 40.4 Å². The van der Waals surface area contributed by atoms with Gasteiger partial charge >= 0.3 is 6.11 Å². The molecule has 0 aromatic heterocycles. The summed E-state index contributed by atoms with van der Waals surface area (Å²) in [5.74, 6) is -4.67. The van der Waals surface area contributed by atoms with E-state index >= 15 is 17.6 Å². The van der Waals surface area contributed by atoms with Crippen LogP contribution < -0.4 is 4.74 Å². The largest absolute Gasteiger partial charge is 0.432 e. The number of ether oxygens (including phenoxy) is 1. The number of rotatable bonds is 11. The first-order valence-corrected chi connectivity index (χ1v) is 16.5. The summed E-state index contributed by atoms with van der Waals surface area (Å²) in [5, 5.41) is 0. The van der Waals surface area contributed by atoms with E-state index in [4.69, 9.17) is 0 Å². The molecule has 0 unspecified atom stereocenters. The number of unbranched alkanes of at least 4 members (excludes halogenated alkanes) is 2. The zero-order valence-electron chi connectivity index (χ0n) is 26.2. The highest BCUT2D eigenvalue weighted by Crippen LogP contribution is 2.46. The van der Waals surface area contributed by atoms with Crippen molar-refractivity contribution < 1.29 is 35.5 Å². The summed E-state index contributed by atoms with van der Waals surface area (Å²) in [5.41, 5.74) is -2.06. The van der Waals surface area contributed by atoms with Crippen LogP contribution in [0.5, 0.6) is 5.75 Å². The Morgan fingerprint density at radius 1 is 0.739 bits per heavy atom. The second-order valence-corrected chi connectivity index (χ2v) is 13.1. The molecule has 46 heavy (non-hydrogen) atoms. The minimum atomic E-state index is -4.46. The third-order valence-electron chi connectivity index (χ3n) is 10.2. The van der Waals surface area contributed by atoms with Crippen molar-refractivity contribution in [2.75, 3.05) is 0 Å². The van der Waals surface area contributed by atoms with E-state index in [-0.39, 0.29) is 17.0 Å². The lowest BCUT2D eigenvalue weighted by atomic mass is 9.68. The van der Waals surface area contributed by atoms with Gasteiger partial charge in [0, 0.05) is 17.2 Å². The van der Waals surface area contributed by atoms with E-state index in [9.17, 15) is 13.2 Å². The molecule has 1 nitrogen and oxygen atoms in total. The maximum Gasteiger partial charge on any atom is 0.432 e. The van der Waals surface area contributed by atoms with Gasteiger partial charge in [-0.1, -0.05) is 58.1 Å². The third kappa shape index (κ3) is 7.63. The molecule has 2 fully saturated rings. The van der Waals surface area contributed by atoms with E-state index in [1.165, 1.54) is 51.4 Å². The van der Waals surface area contributed by atoms with Gasteiger partial charge in [0.15, 0.2) is 0 Å². The number of hydrogen-bond acceptors (Lipinski definition) is 1. The summed E-state index contributed by atoms with van der Waals surface area (Å²) in [6.45, 7) is 5.54. The third-order valence-corrected chi connectivity index (χ3v) is 10.2. The van der Waals surface area contributed by atoms with Crippen LogP contribution in [0.2, 0.25) is 0 Å². The molecule has 0 amide bonds. The highest BCUT2D eigenvalue weighted by Gasteiger charge is 2.42. The number of benzene rings is 3. The van der Waals surface area contributed by atoms with Crippen molar-refractivity contribution in [2.45, 2.75) is 96.0 Å². The van der Waals surface area contributed by atoms with Gasteiger partial charge in [0.25, 0.3) is 0 Å². The van der Waals surface area contributed by atoms with Crippen molar-refractivity contribution in [3.05, 3.63) is 94.8 Å². The van der Waals surface area contributed by atoms with Crippen LogP contribution >= 0.6 is 0 Å². The summed E-state index contributed by atoms with van der Waals surface area (Å²) in [6.07, 6.45) is 10.1. The van der Waals surface area contributed by atoms with Gasteiger partial charge < -0.3 is 4.74 Å². The van der Waals surface area contributed by atoms with E-state index in [2.05, 4.69) is 18.2 Å². The van der Waals surface area contributed by atoms with Crippen LogP contribution in [0.1, 0.15) is 107 Å². The second kappa shape index (κ2) is 14.6. The molecule has 5 rings (SSSR count). The number of halogens is 7. The van der Waals surface area contributed by atoms with Gasteiger partial charge in [-0.25, -0.2) is 22.0 Å². The summed E-state index contributed by atoms with van der Waals surface area (Å²) < 4.78 is 108. The summed E-state index contributed by atoms with van der Waals surface area (Å²) >= 11 is 0. The van der Waals surface area contributed by atoms with Crippen LogP contribution in [0.25, 0.3) is 17.2 Å². The van der Waals surface area contributed by atoms with Crippen molar-refractivity contribution in [3.63, 3.8) is 0 Å². The average Bonchev–Trinajstić information content (AvgIpc) is 3.01. The van der Waals surface area contributed by atoms with Gasteiger partial charge in [0.05, 0.1) is 0 Å². The van der Waals surface area contributed by atoms with Crippen LogP contribution in [-0.2, 0) is 6.11 Å². The van der Waals surface area contributed by atoms with E-state index in [1.54, 1.807) is 0 Å². The van der Waals surface area contributed by atoms with E-state index in [0.717, 1.165) is 74.1 Å². The molecule has 0 bridgehead atoms. The highest BCUT2D eigenvalue weighted by atomic mass is 19.3. The standard InChI is InChI=1S/C38H41F7O/c1-3-5-6-7-23-8-10-24(11-9-23)25-12-14-26(15-13-25)27-18-35(42)37(36(43)19-27)38(44,45)46-29-16-17-31(34(41)22-29)28-20-32(39)30(4-2)33(40)21-28/h4,16-26H,2-3,5-15H2,1H3. The Hall–Kier alpha value is -3.29. The molecule has 0 N–H and O–H groups in total. The Kier molecular flexibility index (Phi) is 10.8. The van der Waals surface area contributed by atoms with Gasteiger partial charge in [-0.05, 0) is 110 Å².